The second-order valence-corrected chi connectivity index (χ2v) is 4.52. The van der Waals surface area contributed by atoms with E-state index in [9.17, 15) is 4.79 Å². The molecule has 1 aromatic rings. The summed E-state index contributed by atoms with van der Waals surface area (Å²) in [7, 11) is 0. The van der Waals surface area contributed by atoms with Crippen molar-refractivity contribution in [1.29, 1.82) is 0 Å². The Bertz CT molecular complexity index is 429. The second kappa shape index (κ2) is 4.44. The molecule has 2 N–H and O–H groups in total. The molecule has 1 aliphatic heterocycles. The lowest BCUT2D eigenvalue weighted by atomic mass is 10.0. The number of hydrogen-bond donors (Lipinski definition) is 1. The smallest absolute Gasteiger partial charge is 0.153 e. The molecule has 2 rings (SSSR count). The van der Waals surface area contributed by atoms with Crippen LogP contribution in [0.3, 0.4) is 0 Å². The van der Waals surface area contributed by atoms with Gasteiger partial charge in [0.25, 0.3) is 0 Å². The van der Waals surface area contributed by atoms with Crippen LogP contribution in [0.4, 0.5) is 0 Å². The van der Waals surface area contributed by atoms with Gasteiger partial charge in [-0.1, -0.05) is 11.6 Å². The number of nitrogens with two attached hydrogens (primary N) is 1. The number of carbonyl (C=O) groups is 1. The van der Waals surface area contributed by atoms with E-state index in [1.807, 2.05) is 6.07 Å². The van der Waals surface area contributed by atoms with Crippen molar-refractivity contribution in [3.8, 4) is 5.75 Å². The maximum Gasteiger partial charge on any atom is 0.153 e. The van der Waals surface area contributed by atoms with Gasteiger partial charge in [0.05, 0.1) is 12.6 Å². The van der Waals surface area contributed by atoms with Crippen LogP contribution in [0.15, 0.2) is 12.1 Å². The first-order valence-corrected chi connectivity index (χ1v) is 5.68. The van der Waals surface area contributed by atoms with E-state index in [1.54, 1.807) is 13.0 Å². The molecule has 1 atom stereocenters. The zero-order valence-electron chi connectivity index (χ0n) is 9.13. The number of halogens is 1. The largest absolute Gasteiger partial charge is 0.493 e. The van der Waals surface area contributed by atoms with Crippen LogP contribution in [-0.4, -0.2) is 18.4 Å². The van der Waals surface area contributed by atoms with Gasteiger partial charge >= 0.3 is 0 Å². The highest BCUT2D eigenvalue weighted by atomic mass is 35.5. The lowest BCUT2D eigenvalue weighted by Crippen LogP contribution is -2.28. The molecule has 86 valence electrons. The second-order valence-electron chi connectivity index (χ2n) is 4.08. The quantitative estimate of drug-likeness (QED) is 0.874. The molecule has 4 heteroatoms. The van der Waals surface area contributed by atoms with Crippen LogP contribution in [-0.2, 0) is 17.6 Å². The Morgan fingerprint density at radius 2 is 2.38 bits per heavy atom. The van der Waals surface area contributed by atoms with E-state index in [0.717, 1.165) is 23.3 Å². The molecule has 0 spiro atoms. The van der Waals surface area contributed by atoms with Crippen molar-refractivity contribution in [3.63, 3.8) is 0 Å². The third-order valence-electron chi connectivity index (χ3n) is 2.70. The van der Waals surface area contributed by atoms with Gasteiger partial charge in [0.2, 0.25) is 0 Å². The maximum atomic E-state index is 11.6. The fraction of sp³-hybridized carbons (Fsp3) is 0.417. The molecular weight excluding hydrogens is 226 g/mol. The number of Topliss-reactive ketones (excluding diaryl/α,β-unsaturated/α-hetero) is 1. The molecule has 0 radical (unpaired) electrons. The monoisotopic (exact) mass is 239 g/mol. The number of rotatable bonds is 3. The molecule has 1 unspecified atom stereocenters. The highest BCUT2D eigenvalue weighted by Gasteiger charge is 2.20. The lowest BCUT2D eigenvalue weighted by Gasteiger charge is -2.09. The van der Waals surface area contributed by atoms with Gasteiger partial charge in [0, 0.05) is 23.4 Å². The summed E-state index contributed by atoms with van der Waals surface area (Å²) in [5, 5.41) is 0.650. The number of ether oxygens (including phenoxy) is 1. The minimum absolute atomic E-state index is 0.0000309. The Hall–Kier alpha value is -1.06. The maximum absolute atomic E-state index is 11.6. The predicted octanol–water partition coefficient (Wildman–Crippen LogP) is 1.73. The van der Waals surface area contributed by atoms with Gasteiger partial charge in [0.1, 0.15) is 5.75 Å². The number of hydrogen-bond acceptors (Lipinski definition) is 3. The highest BCUT2D eigenvalue weighted by Crippen LogP contribution is 2.33. The van der Waals surface area contributed by atoms with Crippen molar-refractivity contribution in [2.75, 3.05) is 6.61 Å². The van der Waals surface area contributed by atoms with Gasteiger partial charge < -0.3 is 10.5 Å². The van der Waals surface area contributed by atoms with E-state index in [1.165, 1.54) is 0 Å². The molecule has 0 aromatic heterocycles. The number of ketones is 1. The van der Waals surface area contributed by atoms with E-state index < -0.39 is 6.04 Å². The van der Waals surface area contributed by atoms with Gasteiger partial charge in [0.15, 0.2) is 5.78 Å². The molecule has 16 heavy (non-hydrogen) atoms. The van der Waals surface area contributed by atoms with E-state index in [-0.39, 0.29) is 5.78 Å². The van der Waals surface area contributed by atoms with Gasteiger partial charge in [-0.25, -0.2) is 0 Å². The number of benzene rings is 1. The Morgan fingerprint density at radius 1 is 1.62 bits per heavy atom. The first-order valence-electron chi connectivity index (χ1n) is 5.30. The molecule has 0 bridgehead atoms. The number of carbonyl (C=O) groups excluding carboxylic acids is 1. The third kappa shape index (κ3) is 2.20. The van der Waals surface area contributed by atoms with E-state index in [0.29, 0.717) is 18.1 Å². The van der Waals surface area contributed by atoms with Gasteiger partial charge in [-0.15, -0.1) is 0 Å². The van der Waals surface area contributed by atoms with Crippen LogP contribution in [0.2, 0.25) is 5.02 Å². The highest BCUT2D eigenvalue weighted by molar-refractivity contribution is 6.30. The SMILES string of the molecule is CC(N)C(=O)Cc1cc(Cl)cc2c1OCC2. The van der Waals surface area contributed by atoms with Crippen LogP contribution >= 0.6 is 11.6 Å². The Balaban J connectivity index is 2.30. The molecule has 0 saturated heterocycles. The summed E-state index contributed by atoms with van der Waals surface area (Å²) in [4.78, 5) is 11.6. The van der Waals surface area contributed by atoms with Crippen molar-refractivity contribution >= 4 is 17.4 Å². The van der Waals surface area contributed by atoms with E-state index >= 15 is 0 Å². The first-order chi connectivity index (χ1) is 7.58. The van der Waals surface area contributed by atoms with E-state index in [2.05, 4.69) is 0 Å². The fourth-order valence-electron chi connectivity index (χ4n) is 1.83. The zero-order valence-corrected chi connectivity index (χ0v) is 9.88. The molecule has 1 aliphatic rings. The van der Waals surface area contributed by atoms with Crippen molar-refractivity contribution < 1.29 is 9.53 Å². The molecule has 3 nitrogen and oxygen atoms in total. The van der Waals surface area contributed by atoms with Gasteiger partial charge in [-0.2, -0.15) is 0 Å². The summed E-state index contributed by atoms with van der Waals surface area (Å²) >= 11 is 5.99. The summed E-state index contributed by atoms with van der Waals surface area (Å²) in [6, 6.07) is 3.23. The summed E-state index contributed by atoms with van der Waals surface area (Å²) in [6.07, 6.45) is 1.15. The minimum Gasteiger partial charge on any atom is -0.493 e. The molecule has 0 fully saturated rings. The molecule has 1 heterocycles. The summed E-state index contributed by atoms with van der Waals surface area (Å²) in [5.74, 6) is 0.818. The summed E-state index contributed by atoms with van der Waals surface area (Å²) in [5.41, 5.74) is 7.48. The summed E-state index contributed by atoms with van der Waals surface area (Å²) in [6.45, 7) is 2.35. The van der Waals surface area contributed by atoms with Crippen LogP contribution in [0.5, 0.6) is 5.75 Å². The Labute approximate surface area is 99.5 Å². The predicted molar refractivity (Wildman–Crippen MR) is 63.0 cm³/mol. The lowest BCUT2D eigenvalue weighted by molar-refractivity contribution is -0.119. The third-order valence-corrected chi connectivity index (χ3v) is 2.92. The Kier molecular flexibility index (Phi) is 3.17. The Morgan fingerprint density at radius 3 is 3.06 bits per heavy atom. The van der Waals surface area contributed by atoms with Crippen molar-refractivity contribution in [2.45, 2.75) is 25.8 Å². The average molecular weight is 240 g/mol. The van der Waals surface area contributed by atoms with Crippen LogP contribution in [0.25, 0.3) is 0 Å². The van der Waals surface area contributed by atoms with E-state index in [4.69, 9.17) is 22.1 Å². The molecule has 0 aliphatic carbocycles. The van der Waals surface area contributed by atoms with Gasteiger partial charge in [-0.3, -0.25) is 4.79 Å². The number of fused-ring (bicyclic) bond motifs is 1. The molecule has 0 amide bonds. The molecular formula is C12H14ClNO2. The topological polar surface area (TPSA) is 52.3 Å². The van der Waals surface area contributed by atoms with Crippen LogP contribution < -0.4 is 10.5 Å². The standard InChI is InChI=1S/C12H14ClNO2/c1-7(14)11(15)6-9-5-10(13)4-8-2-3-16-12(8)9/h4-5,7H,2-3,6,14H2,1H3. The zero-order chi connectivity index (χ0) is 11.7. The van der Waals surface area contributed by atoms with Crippen molar-refractivity contribution in [3.05, 3.63) is 28.3 Å². The fourth-order valence-corrected chi connectivity index (χ4v) is 2.09. The normalized spacial score (nSPS) is 15.4. The van der Waals surface area contributed by atoms with Gasteiger partial charge in [-0.05, 0) is 24.6 Å². The molecule has 1 aromatic carbocycles. The van der Waals surface area contributed by atoms with Crippen LogP contribution in [0.1, 0.15) is 18.1 Å². The first kappa shape index (κ1) is 11.4. The molecule has 0 saturated carbocycles. The average Bonchev–Trinajstić information content (AvgIpc) is 2.65. The van der Waals surface area contributed by atoms with Crippen molar-refractivity contribution in [1.82, 2.24) is 0 Å². The van der Waals surface area contributed by atoms with Crippen molar-refractivity contribution in [2.24, 2.45) is 5.73 Å². The minimum atomic E-state index is -0.448. The summed E-state index contributed by atoms with van der Waals surface area (Å²) < 4.78 is 5.51. The van der Waals surface area contributed by atoms with Crippen LogP contribution in [0, 0.1) is 0 Å².